The van der Waals surface area contributed by atoms with Crippen molar-refractivity contribution in [1.82, 2.24) is 14.8 Å². The second-order valence-corrected chi connectivity index (χ2v) is 7.96. The molecule has 3 aromatic rings. The highest BCUT2D eigenvalue weighted by molar-refractivity contribution is 8.00. The number of nitrogens with zero attached hydrogens (tertiary/aromatic N) is 3. The summed E-state index contributed by atoms with van der Waals surface area (Å²) in [6, 6.07) is 15.4. The molecule has 7 heteroatoms. The minimum atomic E-state index is -0.465. The summed E-state index contributed by atoms with van der Waals surface area (Å²) >= 11 is 7.57. The standard InChI is InChI=1S/C20H21ClN4OS/c1-13(2)25-12-22-24-20(25)27-18(15-7-5-4-6-8-15)19(26)23-16-10-9-14(3)17(21)11-16/h4-13,18H,1-3H3,(H,23,26)/t18-/m1/s1. The fraction of sp³-hybridized carbons (Fsp3) is 0.250. The van der Waals surface area contributed by atoms with E-state index in [-0.39, 0.29) is 11.9 Å². The van der Waals surface area contributed by atoms with E-state index < -0.39 is 5.25 Å². The van der Waals surface area contributed by atoms with Gasteiger partial charge >= 0.3 is 0 Å². The average Bonchev–Trinajstić information content (AvgIpc) is 3.12. The maximum absolute atomic E-state index is 13.1. The Kier molecular flexibility index (Phi) is 6.19. The van der Waals surface area contributed by atoms with Gasteiger partial charge in [-0.05, 0) is 44.0 Å². The average molecular weight is 401 g/mol. The lowest BCUT2D eigenvalue weighted by Crippen LogP contribution is -2.19. The molecule has 0 aliphatic rings. The van der Waals surface area contributed by atoms with E-state index in [2.05, 4.69) is 29.4 Å². The maximum atomic E-state index is 13.1. The molecule has 5 nitrogen and oxygen atoms in total. The molecule has 3 rings (SSSR count). The van der Waals surface area contributed by atoms with Crippen molar-refractivity contribution in [1.29, 1.82) is 0 Å². The SMILES string of the molecule is Cc1ccc(NC(=O)[C@H](Sc2nncn2C(C)C)c2ccccc2)cc1Cl. The van der Waals surface area contributed by atoms with Gasteiger partial charge in [-0.1, -0.05) is 59.8 Å². The van der Waals surface area contributed by atoms with Crippen LogP contribution in [0, 0.1) is 6.92 Å². The molecule has 0 radical (unpaired) electrons. The van der Waals surface area contributed by atoms with Gasteiger partial charge in [0, 0.05) is 16.8 Å². The van der Waals surface area contributed by atoms with E-state index in [4.69, 9.17) is 11.6 Å². The van der Waals surface area contributed by atoms with Crippen molar-refractivity contribution in [2.75, 3.05) is 5.32 Å². The highest BCUT2D eigenvalue weighted by Gasteiger charge is 2.25. The van der Waals surface area contributed by atoms with Gasteiger partial charge in [-0.25, -0.2) is 0 Å². The summed E-state index contributed by atoms with van der Waals surface area (Å²) in [5, 5.41) is 12.0. The maximum Gasteiger partial charge on any atom is 0.242 e. The van der Waals surface area contributed by atoms with E-state index in [0.717, 1.165) is 11.1 Å². The number of carbonyl (C=O) groups excluding carboxylic acids is 1. The number of amides is 1. The second-order valence-electron chi connectivity index (χ2n) is 6.48. The Morgan fingerprint density at radius 2 is 1.93 bits per heavy atom. The quantitative estimate of drug-likeness (QED) is 0.571. The van der Waals surface area contributed by atoms with Gasteiger partial charge in [-0.2, -0.15) is 0 Å². The number of aryl methyl sites for hydroxylation is 1. The molecular formula is C20H21ClN4OS. The van der Waals surface area contributed by atoms with Crippen molar-refractivity contribution in [3.63, 3.8) is 0 Å². The summed E-state index contributed by atoms with van der Waals surface area (Å²) in [5.74, 6) is -0.135. The van der Waals surface area contributed by atoms with Crippen molar-refractivity contribution in [3.8, 4) is 0 Å². The molecule has 1 N–H and O–H groups in total. The molecule has 0 unspecified atom stereocenters. The van der Waals surface area contributed by atoms with E-state index in [0.29, 0.717) is 15.9 Å². The number of thioether (sulfide) groups is 1. The monoisotopic (exact) mass is 400 g/mol. The third-order valence-corrected chi connectivity index (χ3v) is 5.73. The summed E-state index contributed by atoms with van der Waals surface area (Å²) in [7, 11) is 0. The van der Waals surface area contributed by atoms with Crippen LogP contribution in [0.5, 0.6) is 0 Å². The number of nitrogens with one attached hydrogen (secondary N) is 1. The first-order chi connectivity index (χ1) is 13.0. The molecule has 0 saturated carbocycles. The van der Waals surface area contributed by atoms with E-state index in [1.807, 2.05) is 54.0 Å². The van der Waals surface area contributed by atoms with Crippen molar-refractivity contribution in [3.05, 3.63) is 71.0 Å². The molecule has 0 spiro atoms. The van der Waals surface area contributed by atoms with Crippen LogP contribution in [-0.4, -0.2) is 20.7 Å². The lowest BCUT2D eigenvalue weighted by atomic mass is 10.1. The molecule has 0 fully saturated rings. The Morgan fingerprint density at radius 3 is 2.59 bits per heavy atom. The summed E-state index contributed by atoms with van der Waals surface area (Å²) < 4.78 is 1.95. The van der Waals surface area contributed by atoms with Crippen LogP contribution >= 0.6 is 23.4 Å². The van der Waals surface area contributed by atoms with E-state index in [9.17, 15) is 4.79 Å². The van der Waals surface area contributed by atoms with Crippen LogP contribution in [0.15, 0.2) is 60.0 Å². The van der Waals surface area contributed by atoms with Crippen molar-refractivity contribution in [2.24, 2.45) is 0 Å². The van der Waals surface area contributed by atoms with Gasteiger partial charge in [0.05, 0.1) is 0 Å². The molecule has 1 aromatic heterocycles. The molecule has 1 atom stereocenters. The largest absolute Gasteiger partial charge is 0.325 e. The lowest BCUT2D eigenvalue weighted by Gasteiger charge is -2.18. The number of hydrogen-bond donors (Lipinski definition) is 1. The number of anilines is 1. The van der Waals surface area contributed by atoms with Crippen molar-refractivity contribution in [2.45, 2.75) is 37.2 Å². The third kappa shape index (κ3) is 4.70. The minimum Gasteiger partial charge on any atom is -0.325 e. The van der Waals surface area contributed by atoms with Crippen LogP contribution in [0.25, 0.3) is 0 Å². The first-order valence-electron chi connectivity index (χ1n) is 8.64. The predicted molar refractivity (Wildman–Crippen MR) is 110 cm³/mol. The number of benzene rings is 2. The molecule has 0 saturated heterocycles. The number of halogens is 1. The van der Waals surface area contributed by atoms with E-state index in [1.54, 1.807) is 12.4 Å². The van der Waals surface area contributed by atoms with Crippen LogP contribution in [0.4, 0.5) is 5.69 Å². The minimum absolute atomic E-state index is 0.135. The van der Waals surface area contributed by atoms with Crippen LogP contribution in [-0.2, 0) is 4.79 Å². The number of carbonyl (C=O) groups is 1. The molecule has 0 aliphatic heterocycles. The zero-order valence-electron chi connectivity index (χ0n) is 15.4. The molecule has 0 aliphatic carbocycles. The van der Waals surface area contributed by atoms with Gasteiger partial charge in [0.25, 0.3) is 0 Å². The van der Waals surface area contributed by atoms with Gasteiger partial charge < -0.3 is 9.88 Å². The van der Waals surface area contributed by atoms with Gasteiger partial charge in [0.1, 0.15) is 11.6 Å². The number of rotatable bonds is 6. The summed E-state index contributed by atoms with van der Waals surface area (Å²) in [5.41, 5.74) is 2.53. The van der Waals surface area contributed by atoms with Crippen molar-refractivity contribution >= 4 is 35.0 Å². The van der Waals surface area contributed by atoms with Crippen molar-refractivity contribution < 1.29 is 4.79 Å². The Morgan fingerprint density at radius 1 is 1.19 bits per heavy atom. The van der Waals surface area contributed by atoms with Crippen LogP contribution in [0.3, 0.4) is 0 Å². The molecule has 27 heavy (non-hydrogen) atoms. The molecule has 2 aromatic carbocycles. The zero-order valence-corrected chi connectivity index (χ0v) is 17.0. The van der Waals surface area contributed by atoms with Gasteiger partial charge in [-0.15, -0.1) is 10.2 Å². The molecule has 0 bridgehead atoms. The highest BCUT2D eigenvalue weighted by Crippen LogP contribution is 2.36. The molecule has 1 amide bonds. The predicted octanol–water partition coefficient (Wildman–Crippen LogP) is 5.29. The van der Waals surface area contributed by atoms with Gasteiger partial charge in [-0.3, -0.25) is 4.79 Å². The number of hydrogen-bond acceptors (Lipinski definition) is 4. The summed E-state index contributed by atoms with van der Waals surface area (Å²) in [6.45, 7) is 6.04. The fourth-order valence-electron chi connectivity index (χ4n) is 2.56. The van der Waals surface area contributed by atoms with Gasteiger partial charge in [0.15, 0.2) is 5.16 Å². The van der Waals surface area contributed by atoms with Crippen LogP contribution < -0.4 is 5.32 Å². The zero-order chi connectivity index (χ0) is 19.4. The fourth-order valence-corrected chi connectivity index (χ4v) is 3.88. The summed E-state index contributed by atoms with van der Waals surface area (Å²) in [4.78, 5) is 13.1. The highest BCUT2D eigenvalue weighted by atomic mass is 35.5. The Hall–Kier alpha value is -2.31. The van der Waals surface area contributed by atoms with Crippen LogP contribution in [0.1, 0.15) is 36.3 Å². The van der Waals surface area contributed by atoms with Gasteiger partial charge in [0.2, 0.25) is 5.91 Å². The van der Waals surface area contributed by atoms with E-state index >= 15 is 0 Å². The normalized spacial score (nSPS) is 12.2. The first-order valence-corrected chi connectivity index (χ1v) is 9.89. The molecular weight excluding hydrogens is 380 g/mol. The molecule has 1 heterocycles. The number of aromatic nitrogens is 3. The van der Waals surface area contributed by atoms with Crippen LogP contribution in [0.2, 0.25) is 5.02 Å². The Labute approximate surface area is 168 Å². The lowest BCUT2D eigenvalue weighted by molar-refractivity contribution is -0.115. The smallest absolute Gasteiger partial charge is 0.242 e. The topological polar surface area (TPSA) is 59.8 Å². The summed E-state index contributed by atoms with van der Waals surface area (Å²) in [6.07, 6.45) is 1.69. The van der Waals surface area contributed by atoms with E-state index in [1.165, 1.54) is 11.8 Å². The Balaban J connectivity index is 1.88. The second kappa shape index (κ2) is 8.59. The molecule has 140 valence electrons. The Bertz CT molecular complexity index is 927. The first kappa shape index (κ1) is 19.5. The third-order valence-electron chi connectivity index (χ3n) is 4.10.